The van der Waals surface area contributed by atoms with Crippen molar-refractivity contribution in [3.63, 3.8) is 0 Å². The van der Waals surface area contributed by atoms with E-state index in [-0.39, 0.29) is 11.4 Å². The highest BCUT2D eigenvalue weighted by Crippen LogP contribution is 2.18. The van der Waals surface area contributed by atoms with Crippen molar-refractivity contribution in [1.82, 2.24) is 15.2 Å². The topological polar surface area (TPSA) is 82.7 Å². The number of hydrogen-bond donors (Lipinski definition) is 3. The Morgan fingerprint density at radius 2 is 1.82 bits per heavy atom. The van der Waals surface area contributed by atoms with Gasteiger partial charge in [0, 0.05) is 23.6 Å². The molecule has 4 rings (SSSR count). The smallest absolute Gasteiger partial charge is 0.276 e. The van der Waals surface area contributed by atoms with Crippen LogP contribution in [0.1, 0.15) is 16.1 Å². The van der Waals surface area contributed by atoms with E-state index in [1.54, 1.807) is 24.3 Å². The zero-order chi connectivity index (χ0) is 19.3. The van der Waals surface area contributed by atoms with Gasteiger partial charge in [0.05, 0.1) is 5.69 Å². The summed E-state index contributed by atoms with van der Waals surface area (Å²) < 4.78 is 13.6. The van der Waals surface area contributed by atoms with Crippen LogP contribution in [0.3, 0.4) is 0 Å². The van der Waals surface area contributed by atoms with Crippen LogP contribution in [0.2, 0.25) is 0 Å². The van der Waals surface area contributed by atoms with Crippen molar-refractivity contribution < 1.29 is 9.18 Å². The van der Waals surface area contributed by atoms with Gasteiger partial charge < -0.3 is 15.6 Å². The van der Waals surface area contributed by atoms with Crippen molar-refractivity contribution in [3.05, 3.63) is 83.9 Å². The number of carbonyl (C=O) groups excluding carboxylic acids is 1. The van der Waals surface area contributed by atoms with Crippen molar-refractivity contribution in [3.8, 4) is 0 Å². The molecule has 0 aliphatic rings. The van der Waals surface area contributed by atoms with Crippen LogP contribution in [0.5, 0.6) is 0 Å². The first-order chi connectivity index (χ1) is 13.7. The van der Waals surface area contributed by atoms with Gasteiger partial charge in [0.1, 0.15) is 11.6 Å². The molecule has 0 radical (unpaired) electrons. The van der Waals surface area contributed by atoms with E-state index >= 15 is 0 Å². The molecule has 0 aliphatic heterocycles. The molecule has 2 heterocycles. The third-order valence-electron chi connectivity index (χ3n) is 4.39. The lowest BCUT2D eigenvalue weighted by atomic mass is 10.1. The standard InChI is InChI=1S/C21H18FN5O/c22-16-6-2-4-8-18(16)25-21(28)19-9-10-20(27-26-19)23-12-11-14-13-24-17-7-3-1-5-15(14)17/h1-10,13,24H,11-12H2,(H,23,27)(H,25,28). The van der Waals surface area contributed by atoms with Crippen LogP contribution in [-0.4, -0.2) is 27.6 Å². The number of anilines is 2. The number of amides is 1. The van der Waals surface area contributed by atoms with Gasteiger partial charge >= 0.3 is 0 Å². The Morgan fingerprint density at radius 3 is 2.64 bits per heavy atom. The SMILES string of the molecule is O=C(Nc1ccccc1F)c1ccc(NCCc2c[nH]c3ccccc23)nn1. The largest absolute Gasteiger partial charge is 0.368 e. The molecule has 3 N–H and O–H groups in total. The molecule has 4 aromatic rings. The Balaban J connectivity index is 1.34. The third-order valence-corrected chi connectivity index (χ3v) is 4.39. The molecular formula is C21H18FN5O. The number of para-hydroxylation sites is 2. The molecule has 7 heteroatoms. The molecule has 1 amide bonds. The highest BCUT2D eigenvalue weighted by molar-refractivity contribution is 6.02. The summed E-state index contributed by atoms with van der Waals surface area (Å²) in [4.78, 5) is 15.4. The number of rotatable bonds is 6. The van der Waals surface area contributed by atoms with Crippen LogP contribution < -0.4 is 10.6 Å². The molecule has 0 spiro atoms. The van der Waals surface area contributed by atoms with Gasteiger partial charge in [-0.05, 0) is 42.3 Å². The first-order valence-electron chi connectivity index (χ1n) is 8.89. The number of H-pyrrole nitrogens is 1. The Kier molecular flexibility index (Phi) is 4.97. The second-order valence-electron chi connectivity index (χ2n) is 6.27. The Morgan fingerprint density at radius 1 is 1.00 bits per heavy atom. The number of fused-ring (bicyclic) bond motifs is 1. The zero-order valence-electron chi connectivity index (χ0n) is 14.9. The molecular weight excluding hydrogens is 357 g/mol. The maximum absolute atomic E-state index is 13.6. The minimum Gasteiger partial charge on any atom is -0.368 e. The fourth-order valence-electron chi connectivity index (χ4n) is 2.96. The van der Waals surface area contributed by atoms with E-state index in [0.29, 0.717) is 12.4 Å². The van der Waals surface area contributed by atoms with Crippen molar-refractivity contribution >= 4 is 28.3 Å². The molecule has 28 heavy (non-hydrogen) atoms. The third kappa shape index (κ3) is 3.83. The minimum atomic E-state index is -0.511. The molecule has 0 fully saturated rings. The summed E-state index contributed by atoms with van der Waals surface area (Å²) in [6, 6.07) is 17.3. The number of nitrogens with one attached hydrogen (secondary N) is 3. The predicted molar refractivity (Wildman–Crippen MR) is 107 cm³/mol. The average Bonchev–Trinajstić information content (AvgIpc) is 3.13. The predicted octanol–water partition coefficient (Wildman–Crippen LogP) is 4.00. The number of nitrogens with zero attached hydrogens (tertiary/aromatic N) is 2. The van der Waals surface area contributed by atoms with Gasteiger partial charge in [-0.25, -0.2) is 4.39 Å². The van der Waals surface area contributed by atoms with E-state index in [9.17, 15) is 9.18 Å². The van der Waals surface area contributed by atoms with E-state index < -0.39 is 11.7 Å². The number of carbonyl (C=O) groups is 1. The van der Waals surface area contributed by atoms with E-state index in [0.717, 1.165) is 11.9 Å². The summed E-state index contributed by atoms with van der Waals surface area (Å²) in [6.45, 7) is 0.678. The molecule has 0 saturated carbocycles. The van der Waals surface area contributed by atoms with E-state index in [4.69, 9.17) is 0 Å². The lowest BCUT2D eigenvalue weighted by Crippen LogP contribution is -2.16. The number of aromatic amines is 1. The maximum Gasteiger partial charge on any atom is 0.276 e. The Bertz CT molecular complexity index is 1110. The summed E-state index contributed by atoms with van der Waals surface area (Å²) in [5.74, 6) is -0.440. The maximum atomic E-state index is 13.6. The molecule has 0 aliphatic carbocycles. The second-order valence-corrected chi connectivity index (χ2v) is 6.27. The fraction of sp³-hybridized carbons (Fsp3) is 0.0952. The molecule has 0 bridgehead atoms. The van der Waals surface area contributed by atoms with Crippen LogP contribution in [0.25, 0.3) is 10.9 Å². The summed E-state index contributed by atoms with van der Waals surface area (Å²) in [6.07, 6.45) is 2.83. The lowest BCUT2D eigenvalue weighted by molar-refractivity contribution is 0.102. The summed E-state index contributed by atoms with van der Waals surface area (Å²) in [5, 5.41) is 14.8. The molecule has 0 unspecified atom stereocenters. The second kappa shape index (κ2) is 7.87. The quantitative estimate of drug-likeness (QED) is 0.476. The van der Waals surface area contributed by atoms with Crippen molar-refractivity contribution in [2.24, 2.45) is 0 Å². The molecule has 2 aromatic carbocycles. The highest BCUT2D eigenvalue weighted by atomic mass is 19.1. The van der Waals surface area contributed by atoms with Gasteiger partial charge in [-0.2, -0.15) is 0 Å². The summed E-state index contributed by atoms with van der Waals surface area (Å²) in [7, 11) is 0. The fourth-order valence-corrected chi connectivity index (χ4v) is 2.96. The Hall–Kier alpha value is -3.74. The number of aromatic nitrogens is 3. The highest BCUT2D eigenvalue weighted by Gasteiger charge is 2.11. The van der Waals surface area contributed by atoms with Gasteiger partial charge in [0.2, 0.25) is 0 Å². The summed E-state index contributed by atoms with van der Waals surface area (Å²) in [5.41, 5.74) is 2.56. The molecule has 0 saturated heterocycles. The van der Waals surface area contributed by atoms with Gasteiger partial charge in [-0.3, -0.25) is 4.79 Å². The van der Waals surface area contributed by atoms with Crippen LogP contribution in [0.15, 0.2) is 66.9 Å². The molecule has 6 nitrogen and oxygen atoms in total. The number of hydrogen-bond acceptors (Lipinski definition) is 4. The van der Waals surface area contributed by atoms with Gasteiger partial charge in [-0.1, -0.05) is 30.3 Å². The monoisotopic (exact) mass is 375 g/mol. The zero-order valence-corrected chi connectivity index (χ0v) is 14.9. The Labute approximate surface area is 160 Å². The number of halogens is 1. The minimum absolute atomic E-state index is 0.107. The van der Waals surface area contributed by atoms with Crippen LogP contribution in [-0.2, 0) is 6.42 Å². The van der Waals surface area contributed by atoms with Crippen LogP contribution in [0, 0.1) is 5.82 Å². The van der Waals surface area contributed by atoms with Crippen molar-refractivity contribution in [2.75, 3.05) is 17.2 Å². The van der Waals surface area contributed by atoms with Crippen molar-refractivity contribution in [1.29, 1.82) is 0 Å². The van der Waals surface area contributed by atoms with Gasteiger partial charge in [0.25, 0.3) is 5.91 Å². The molecule has 2 aromatic heterocycles. The summed E-state index contributed by atoms with van der Waals surface area (Å²) >= 11 is 0. The van der Waals surface area contributed by atoms with Gasteiger partial charge in [-0.15, -0.1) is 10.2 Å². The van der Waals surface area contributed by atoms with Gasteiger partial charge in [0.15, 0.2) is 5.69 Å². The molecule has 140 valence electrons. The lowest BCUT2D eigenvalue weighted by Gasteiger charge is -2.07. The van der Waals surface area contributed by atoms with E-state index in [1.165, 1.54) is 23.1 Å². The van der Waals surface area contributed by atoms with E-state index in [2.05, 4.69) is 31.9 Å². The van der Waals surface area contributed by atoms with Crippen LogP contribution in [0.4, 0.5) is 15.9 Å². The van der Waals surface area contributed by atoms with E-state index in [1.807, 2.05) is 24.4 Å². The molecule has 0 atom stereocenters. The first kappa shape index (κ1) is 17.7. The number of benzene rings is 2. The average molecular weight is 375 g/mol. The normalized spacial score (nSPS) is 10.8. The first-order valence-corrected chi connectivity index (χ1v) is 8.89. The van der Waals surface area contributed by atoms with Crippen molar-refractivity contribution in [2.45, 2.75) is 6.42 Å². The van der Waals surface area contributed by atoms with Crippen LogP contribution >= 0.6 is 0 Å².